The number of benzene rings is 1. The number of aryl methyl sites for hydroxylation is 1. The lowest BCUT2D eigenvalue weighted by Gasteiger charge is -2.18. The molecule has 112 valence electrons. The molecule has 4 heteroatoms. The zero-order valence-electron chi connectivity index (χ0n) is 12.3. The highest BCUT2D eigenvalue weighted by Gasteiger charge is 2.16. The quantitative estimate of drug-likeness (QED) is 0.846. The third-order valence-corrected chi connectivity index (χ3v) is 3.39. The summed E-state index contributed by atoms with van der Waals surface area (Å²) in [5, 5.41) is 9.41. The molecule has 0 radical (unpaired) electrons. The van der Waals surface area contributed by atoms with Gasteiger partial charge in [-0.15, -0.1) is 0 Å². The number of aliphatic hydroxyl groups excluding tert-OH is 1. The van der Waals surface area contributed by atoms with Crippen LogP contribution in [-0.2, 0) is 9.47 Å². The van der Waals surface area contributed by atoms with Crippen molar-refractivity contribution < 1.29 is 19.4 Å². The van der Waals surface area contributed by atoms with E-state index in [0.29, 0.717) is 12.0 Å². The highest BCUT2D eigenvalue weighted by Crippen LogP contribution is 2.26. The van der Waals surface area contributed by atoms with Gasteiger partial charge in [0, 0.05) is 0 Å². The van der Waals surface area contributed by atoms with Gasteiger partial charge in [0.15, 0.2) is 0 Å². The Morgan fingerprint density at radius 3 is 2.86 bits per heavy atom. The van der Waals surface area contributed by atoms with E-state index in [-0.39, 0.29) is 12.7 Å². The van der Waals surface area contributed by atoms with Gasteiger partial charge in [0.25, 0.3) is 0 Å². The minimum Gasteiger partial charge on any atom is -0.489 e. The summed E-state index contributed by atoms with van der Waals surface area (Å²) in [6.45, 7) is 3.79. The van der Waals surface area contributed by atoms with Crippen molar-refractivity contribution >= 4 is 5.97 Å². The molecule has 0 saturated carbocycles. The number of hydrogen-bond acceptors (Lipinski definition) is 4. The fourth-order valence-corrected chi connectivity index (χ4v) is 2.06. The molecule has 2 rings (SSSR count). The van der Waals surface area contributed by atoms with Crippen LogP contribution in [0.2, 0.25) is 0 Å². The van der Waals surface area contributed by atoms with Gasteiger partial charge >= 0.3 is 5.97 Å². The molecule has 0 amide bonds. The van der Waals surface area contributed by atoms with Crippen LogP contribution in [0.15, 0.2) is 42.7 Å². The minimum absolute atomic E-state index is 0.0232. The van der Waals surface area contributed by atoms with Gasteiger partial charge in [-0.1, -0.05) is 19.1 Å². The van der Waals surface area contributed by atoms with Crippen LogP contribution in [0.5, 0.6) is 0 Å². The zero-order valence-corrected chi connectivity index (χ0v) is 12.3. The third kappa shape index (κ3) is 3.95. The normalized spacial score (nSPS) is 18.1. The van der Waals surface area contributed by atoms with E-state index in [1.165, 1.54) is 0 Å². The van der Waals surface area contributed by atoms with Crippen molar-refractivity contribution in [3.05, 3.63) is 59.4 Å². The predicted molar refractivity (Wildman–Crippen MR) is 79.9 cm³/mol. The summed E-state index contributed by atoms with van der Waals surface area (Å²) >= 11 is 0. The molecule has 1 heterocycles. The Kier molecular flexibility index (Phi) is 5.17. The molecule has 2 atom stereocenters. The van der Waals surface area contributed by atoms with Crippen molar-refractivity contribution in [2.75, 3.05) is 6.61 Å². The first-order chi connectivity index (χ1) is 10.1. The van der Waals surface area contributed by atoms with Gasteiger partial charge in [0.05, 0.1) is 17.9 Å². The first kappa shape index (κ1) is 15.3. The Labute approximate surface area is 124 Å². The van der Waals surface area contributed by atoms with Gasteiger partial charge in [-0.05, 0) is 48.8 Å². The lowest BCUT2D eigenvalue weighted by Crippen LogP contribution is -2.17. The maximum atomic E-state index is 11.9. The second-order valence-corrected chi connectivity index (χ2v) is 5.00. The fourth-order valence-electron chi connectivity index (χ4n) is 2.06. The van der Waals surface area contributed by atoms with E-state index in [1.807, 2.05) is 38.1 Å². The number of allylic oxidation sites excluding steroid dienone is 2. The van der Waals surface area contributed by atoms with Gasteiger partial charge in [-0.25, -0.2) is 4.79 Å². The van der Waals surface area contributed by atoms with Crippen LogP contribution in [0.25, 0.3) is 0 Å². The molecule has 1 aliphatic heterocycles. The molecule has 1 N–H and O–H groups in total. The Morgan fingerprint density at radius 1 is 1.43 bits per heavy atom. The van der Waals surface area contributed by atoms with E-state index < -0.39 is 12.1 Å². The van der Waals surface area contributed by atoms with E-state index in [9.17, 15) is 9.90 Å². The van der Waals surface area contributed by atoms with Crippen LogP contribution in [0.1, 0.15) is 40.9 Å². The summed E-state index contributed by atoms with van der Waals surface area (Å²) in [5.74, 6) is -0.419. The van der Waals surface area contributed by atoms with Gasteiger partial charge in [-0.3, -0.25) is 0 Å². The van der Waals surface area contributed by atoms with E-state index in [1.54, 1.807) is 18.4 Å². The van der Waals surface area contributed by atoms with Crippen LogP contribution >= 0.6 is 0 Å². The summed E-state index contributed by atoms with van der Waals surface area (Å²) < 4.78 is 10.6. The second kappa shape index (κ2) is 7.09. The van der Waals surface area contributed by atoms with E-state index in [0.717, 1.165) is 11.1 Å². The summed E-state index contributed by atoms with van der Waals surface area (Å²) in [6, 6.07) is 5.38. The topological polar surface area (TPSA) is 55.8 Å². The Balaban J connectivity index is 2.06. The first-order valence-corrected chi connectivity index (χ1v) is 7.06. The molecule has 1 aromatic rings. The van der Waals surface area contributed by atoms with Gasteiger partial charge in [-0.2, -0.15) is 0 Å². The highest BCUT2D eigenvalue weighted by molar-refractivity contribution is 5.89. The number of carbonyl (C=O) groups is 1. The second-order valence-electron chi connectivity index (χ2n) is 5.00. The number of aliphatic hydroxyl groups is 1. The third-order valence-electron chi connectivity index (χ3n) is 3.39. The van der Waals surface area contributed by atoms with Crippen molar-refractivity contribution in [1.82, 2.24) is 0 Å². The molecule has 21 heavy (non-hydrogen) atoms. The van der Waals surface area contributed by atoms with Crippen molar-refractivity contribution in [1.29, 1.82) is 0 Å². The Morgan fingerprint density at radius 2 is 2.24 bits per heavy atom. The number of rotatable bonds is 5. The summed E-state index contributed by atoms with van der Waals surface area (Å²) in [7, 11) is 0. The monoisotopic (exact) mass is 288 g/mol. The van der Waals surface area contributed by atoms with Gasteiger partial charge in [0.2, 0.25) is 0 Å². The number of ether oxygens (including phenoxy) is 2. The van der Waals surface area contributed by atoms with Crippen molar-refractivity contribution in [3.8, 4) is 0 Å². The molecule has 0 aliphatic carbocycles. The lowest BCUT2D eigenvalue weighted by atomic mass is 9.99. The zero-order chi connectivity index (χ0) is 15.2. The molecule has 4 nitrogen and oxygen atoms in total. The fraction of sp³-hybridized carbons (Fsp3) is 0.353. The molecule has 0 aromatic heterocycles. The van der Waals surface area contributed by atoms with Crippen molar-refractivity contribution in [2.45, 2.75) is 32.5 Å². The maximum absolute atomic E-state index is 11.9. The minimum atomic E-state index is -0.609. The number of hydrogen-bond donors (Lipinski definition) is 1. The average Bonchev–Trinajstić information content (AvgIpc) is 2.52. The van der Waals surface area contributed by atoms with E-state index in [4.69, 9.17) is 9.47 Å². The SMILES string of the molecule is CCC(O)COC(=O)c1ccc(C2C=CC=CO2)c(C)c1. The molecule has 0 bridgehead atoms. The molecule has 0 fully saturated rings. The lowest BCUT2D eigenvalue weighted by molar-refractivity contribution is 0.0250. The van der Waals surface area contributed by atoms with E-state index in [2.05, 4.69) is 0 Å². The number of esters is 1. The van der Waals surface area contributed by atoms with Gasteiger partial charge < -0.3 is 14.6 Å². The molecule has 0 saturated heterocycles. The highest BCUT2D eigenvalue weighted by atomic mass is 16.5. The predicted octanol–water partition coefficient (Wildman–Crippen LogP) is 3.06. The Hall–Kier alpha value is -2.07. The largest absolute Gasteiger partial charge is 0.489 e. The molecule has 0 spiro atoms. The van der Waals surface area contributed by atoms with Crippen molar-refractivity contribution in [3.63, 3.8) is 0 Å². The van der Waals surface area contributed by atoms with Gasteiger partial charge in [0.1, 0.15) is 12.7 Å². The van der Waals surface area contributed by atoms with Crippen LogP contribution in [0.3, 0.4) is 0 Å². The maximum Gasteiger partial charge on any atom is 0.338 e. The average molecular weight is 288 g/mol. The first-order valence-electron chi connectivity index (χ1n) is 7.06. The van der Waals surface area contributed by atoms with Crippen LogP contribution in [0, 0.1) is 6.92 Å². The standard InChI is InChI=1S/C17H20O4/c1-3-14(18)11-21-17(19)13-7-8-15(12(2)10-13)16-6-4-5-9-20-16/h4-10,14,16,18H,3,11H2,1-2H3. The molecular weight excluding hydrogens is 268 g/mol. The van der Waals surface area contributed by atoms with Crippen LogP contribution < -0.4 is 0 Å². The molecule has 1 aromatic carbocycles. The summed E-state index contributed by atoms with van der Waals surface area (Å²) in [6.07, 6.45) is 7.20. The summed E-state index contributed by atoms with van der Waals surface area (Å²) in [4.78, 5) is 11.9. The molecular formula is C17H20O4. The Bertz CT molecular complexity index is 560. The van der Waals surface area contributed by atoms with E-state index >= 15 is 0 Å². The molecule has 2 unspecified atom stereocenters. The molecule has 1 aliphatic rings. The van der Waals surface area contributed by atoms with Crippen molar-refractivity contribution in [2.24, 2.45) is 0 Å². The van der Waals surface area contributed by atoms with Crippen LogP contribution in [-0.4, -0.2) is 23.8 Å². The number of carbonyl (C=O) groups excluding carboxylic acids is 1. The summed E-state index contributed by atoms with van der Waals surface area (Å²) in [5.41, 5.74) is 2.46. The smallest absolute Gasteiger partial charge is 0.338 e. The van der Waals surface area contributed by atoms with Crippen LogP contribution in [0.4, 0.5) is 0 Å².